The van der Waals surface area contributed by atoms with Crippen molar-refractivity contribution in [2.75, 3.05) is 38.7 Å². The lowest BCUT2D eigenvalue weighted by Crippen LogP contribution is -2.43. The van der Waals surface area contributed by atoms with E-state index in [0.717, 1.165) is 12.1 Å². The number of benzene rings is 1. The summed E-state index contributed by atoms with van der Waals surface area (Å²) in [4.78, 5) is 11.7. The molecule has 2 N–H and O–H groups in total. The number of piperidine rings is 1. The van der Waals surface area contributed by atoms with Gasteiger partial charge in [-0.1, -0.05) is 0 Å². The number of nitro benzene ring substituents is 1. The number of aliphatic hydroxyl groups is 1. The summed E-state index contributed by atoms with van der Waals surface area (Å²) in [6, 6.07) is 2.63. The Bertz CT molecular complexity index is 785. The number of nitro groups is 1. The number of hydrogen-bond donors (Lipinski definition) is 2. The summed E-state index contributed by atoms with van der Waals surface area (Å²) < 4.78 is 53.3. The average Bonchev–Trinajstić information content (AvgIpc) is 2.63. The number of likely N-dealkylation sites (tertiary alicyclic amines) is 1. The summed E-state index contributed by atoms with van der Waals surface area (Å²) in [5, 5.41) is 24.1. The summed E-state index contributed by atoms with van der Waals surface area (Å²) in [5.74, 6) is -3.65. The summed E-state index contributed by atoms with van der Waals surface area (Å²) in [5.41, 5.74) is -0.490. The van der Waals surface area contributed by atoms with E-state index in [-0.39, 0.29) is 18.3 Å². The van der Waals surface area contributed by atoms with Gasteiger partial charge in [0.05, 0.1) is 22.5 Å². The number of ether oxygens (including phenoxy) is 1. The maximum Gasteiger partial charge on any atom is 0.341 e. The van der Waals surface area contributed by atoms with Crippen LogP contribution in [0.2, 0.25) is 0 Å². The number of β-amino-alcohol motifs (C(OH)–C–C–N with tert-alkyl or cyclic N) is 1. The summed E-state index contributed by atoms with van der Waals surface area (Å²) in [6.07, 6.45) is 0.696. The van der Waals surface area contributed by atoms with E-state index in [9.17, 15) is 32.4 Å². The molecule has 12 heteroatoms. The number of methoxy groups -OCH3 is 1. The SMILES string of the molecule is COC[C@@H](O)CN1CCC(Nc2ccc(S(=O)(=O)C(F)F)cc2[N+](=O)[O-])CC1. The molecule has 1 heterocycles. The molecule has 1 aromatic rings. The zero-order valence-electron chi connectivity index (χ0n) is 15.3. The van der Waals surface area contributed by atoms with Gasteiger partial charge in [-0.15, -0.1) is 0 Å². The highest BCUT2D eigenvalue weighted by Gasteiger charge is 2.30. The van der Waals surface area contributed by atoms with Crippen LogP contribution >= 0.6 is 0 Å². The van der Waals surface area contributed by atoms with Crippen molar-refractivity contribution in [3.8, 4) is 0 Å². The Labute approximate surface area is 161 Å². The number of rotatable bonds is 9. The normalized spacial score (nSPS) is 17.6. The van der Waals surface area contributed by atoms with Crippen molar-refractivity contribution < 1.29 is 32.0 Å². The first kappa shape index (κ1) is 22.4. The molecular formula is C16H23F2N3O6S. The molecule has 158 valence electrons. The van der Waals surface area contributed by atoms with Crippen LogP contribution in [0.25, 0.3) is 0 Å². The van der Waals surface area contributed by atoms with Gasteiger partial charge in [0.1, 0.15) is 5.69 Å². The predicted molar refractivity (Wildman–Crippen MR) is 97.3 cm³/mol. The zero-order chi connectivity index (χ0) is 20.9. The first-order valence-electron chi connectivity index (χ1n) is 8.61. The third-order valence-electron chi connectivity index (χ3n) is 4.50. The van der Waals surface area contributed by atoms with Crippen LogP contribution in [0.5, 0.6) is 0 Å². The largest absolute Gasteiger partial charge is 0.389 e. The Morgan fingerprint density at radius 2 is 2.04 bits per heavy atom. The van der Waals surface area contributed by atoms with Gasteiger partial charge < -0.3 is 20.1 Å². The minimum atomic E-state index is -4.91. The summed E-state index contributed by atoms with van der Waals surface area (Å²) in [7, 11) is -3.41. The molecule has 0 radical (unpaired) electrons. The van der Waals surface area contributed by atoms with Gasteiger partial charge in [-0.2, -0.15) is 8.78 Å². The van der Waals surface area contributed by atoms with Crippen LogP contribution in [-0.4, -0.2) is 74.6 Å². The fourth-order valence-corrected chi connectivity index (χ4v) is 3.83. The van der Waals surface area contributed by atoms with Gasteiger partial charge in [0.15, 0.2) is 0 Å². The number of halogens is 2. The molecule has 1 aliphatic heterocycles. The van der Waals surface area contributed by atoms with E-state index in [1.54, 1.807) is 0 Å². The van der Waals surface area contributed by atoms with Crippen LogP contribution < -0.4 is 5.32 Å². The number of anilines is 1. The van der Waals surface area contributed by atoms with Crippen LogP contribution in [0.3, 0.4) is 0 Å². The Hall–Kier alpha value is -1.89. The molecule has 0 aliphatic carbocycles. The van der Waals surface area contributed by atoms with Crippen molar-refractivity contribution in [3.05, 3.63) is 28.3 Å². The molecule has 0 saturated carbocycles. The van der Waals surface area contributed by atoms with E-state index in [1.165, 1.54) is 7.11 Å². The smallest absolute Gasteiger partial charge is 0.341 e. The lowest BCUT2D eigenvalue weighted by molar-refractivity contribution is -0.384. The molecule has 0 aromatic heterocycles. The number of nitrogens with one attached hydrogen (secondary N) is 1. The molecule has 2 rings (SSSR count). The van der Waals surface area contributed by atoms with Crippen molar-refractivity contribution in [1.29, 1.82) is 0 Å². The molecule has 0 spiro atoms. The highest BCUT2D eigenvalue weighted by atomic mass is 32.2. The third kappa shape index (κ3) is 5.56. The Morgan fingerprint density at radius 3 is 2.57 bits per heavy atom. The fraction of sp³-hybridized carbons (Fsp3) is 0.625. The first-order valence-corrected chi connectivity index (χ1v) is 10.2. The van der Waals surface area contributed by atoms with E-state index in [1.807, 2.05) is 0 Å². The Balaban J connectivity index is 2.06. The number of alkyl halides is 2. The lowest BCUT2D eigenvalue weighted by atomic mass is 10.0. The van der Waals surface area contributed by atoms with E-state index < -0.39 is 37.2 Å². The van der Waals surface area contributed by atoms with Gasteiger partial charge in [-0.25, -0.2) is 8.42 Å². The van der Waals surface area contributed by atoms with Gasteiger partial charge in [0.2, 0.25) is 9.84 Å². The molecular weight excluding hydrogens is 400 g/mol. The fourth-order valence-electron chi connectivity index (χ4n) is 3.09. The highest BCUT2D eigenvalue weighted by molar-refractivity contribution is 7.91. The van der Waals surface area contributed by atoms with Crippen molar-refractivity contribution in [3.63, 3.8) is 0 Å². The van der Waals surface area contributed by atoms with Gasteiger partial charge >= 0.3 is 5.76 Å². The molecule has 0 amide bonds. The van der Waals surface area contributed by atoms with Gasteiger partial charge in [0.25, 0.3) is 5.69 Å². The lowest BCUT2D eigenvalue weighted by Gasteiger charge is -2.33. The third-order valence-corrected chi connectivity index (χ3v) is 5.88. The molecule has 0 bridgehead atoms. The molecule has 28 heavy (non-hydrogen) atoms. The second-order valence-electron chi connectivity index (χ2n) is 6.57. The Morgan fingerprint density at radius 1 is 1.39 bits per heavy atom. The van der Waals surface area contributed by atoms with Crippen molar-refractivity contribution >= 4 is 21.2 Å². The molecule has 1 aromatic carbocycles. The molecule has 0 unspecified atom stereocenters. The number of aliphatic hydroxyl groups excluding tert-OH is 1. The van der Waals surface area contributed by atoms with Crippen LogP contribution in [0.4, 0.5) is 20.2 Å². The van der Waals surface area contributed by atoms with Crippen LogP contribution in [0, 0.1) is 10.1 Å². The van der Waals surface area contributed by atoms with Gasteiger partial charge in [-0.3, -0.25) is 10.1 Å². The first-order chi connectivity index (χ1) is 13.1. The standard InChI is InChI=1S/C16H23F2N3O6S/c1-27-10-12(22)9-20-6-4-11(5-7-20)19-14-3-2-13(8-15(14)21(23)24)28(25,26)16(17)18/h2-3,8,11-12,16,19,22H,4-7,9-10H2,1H3/t12-/m0/s1. The van der Waals surface area contributed by atoms with E-state index in [4.69, 9.17) is 4.74 Å². The predicted octanol–water partition coefficient (Wildman–Crippen LogP) is 1.47. The van der Waals surface area contributed by atoms with E-state index >= 15 is 0 Å². The maximum absolute atomic E-state index is 12.7. The van der Waals surface area contributed by atoms with E-state index in [2.05, 4.69) is 10.2 Å². The topological polar surface area (TPSA) is 122 Å². The number of sulfone groups is 1. The number of hydrogen-bond acceptors (Lipinski definition) is 8. The number of nitrogens with zero attached hydrogens (tertiary/aromatic N) is 2. The molecule has 1 fully saturated rings. The van der Waals surface area contributed by atoms with Crippen molar-refractivity contribution in [1.82, 2.24) is 4.90 Å². The van der Waals surface area contributed by atoms with Crippen molar-refractivity contribution in [2.45, 2.75) is 35.6 Å². The highest BCUT2D eigenvalue weighted by Crippen LogP contribution is 2.31. The minimum absolute atomic E-state index is 0.0797. The Kier molecular flexibility index (Phi) is 7.63. The van der Waals surface area contributed by atoms with Crippen LogP contribution in [-0.2, 0) is 14.6 Å². The monoisotopic (exact) mass is 423 g/mol. The average molecular weight is 423 g/mol. The van der Waals surface area contributed by atoms with Crippen LogP contribution in [0.1, 0.15) is 12.8 Å². The zero-order valence-corrected chi connectivity index (χ0v) is 16.1. The quantitative estimate of drug-likeness (QED) is 0.452. The van der Waals surface area contributed by atoms with Gasteiger partial charge in [-0.05, 0) is 25.0 Å². The molecule has 9 nitrogen and oxygen atoms in total. The molecule has 1 atom stereocenters. The van der Waals surface area contributed by atoms with Crippen molar-refractivity contribution in [2.24, 2.45) is 0 Å². The summed E-state index contributed by atoms with van der Waals surface area (Å²) in [6.45, 7) is 2.01. The summed E-state index contributed by atoms with van der Waals surface area (Å²) >= 11 is 0. The van der Waals surface area contributed by atoms with Crippen LogP contribution in [0.15, 0.2) is 23.1 Å². The van der Waals surface area contributed by atoms with Gasteiger partial charge in [0, 0.05) is 38.9 Å². The molecule has 1 aliphatic rings. The maximum atomic E-state index is 12.7. The second-order valence-corrected chi connectivity index (χ2v) is 8.49. The minimum Gasteiger partial charge on any atom is -0.389 e. The molecule has 1 saturated heterocycles. The second kappa shape index (κ2) is 9.54. The van der Waals surface area contributed by atoms with E-state index in [0.29, 0.717) is 38.5 Å².